The molecule has 0 bridgehead atoms. The molecule has 0 saturated heterocycles. The van der Waals surface area contributed by atoms with E-state index in [-0.39, 0.29) is 11.7 Å². The highest BCUT2D eigenvalue weighted by Gasteiger charge is 2.26. The molecule has 0 atom stereocenters. The summed E-state index contributed by atoms with van der Waals surface area (Å²) in [6, 6.07) is 19.0. The molecule has 3 N–H and O–H groups in total. The number of benzene rings is 3. The van der Waals surface area contributed by atoms with Gasteiger partial charge in [0, 0.05) is 15.7 Å². The molecule has 0 saturated carbocycles. The lowest BCUT2D eigenvalue weighted by Gasteiger charge is -2.04. The zero-order valence-electron chi connectivity index (χ0n) is 17.4. The molecule has 0 radical (unpaired) electrons. The van der Waals surface area contributed by atoms with Gasteiger partial charge >= 0.3 is 0 Å². The SMILES string of the molecule is Clc1ccc2nc(C(Cl)(Cl)Cl)[nH]c2c1.N#Cc1ccc(NC(=O)c2nc3ccc(Cl)cc3[nH]2)cc1. The van der Waals surface area contributed by atoms with E-state index in [2.05, 4.69) is 25.3 Å². The maximum Gasteiger partial charge on any atom is 0.291 e. The zero-order chi connectivity index (χ0) is 25.2. The number of alkyl halides is 3. The Morgan fingerprint density at radius 3 is 2.00 bits per heavy atom. The maximum atomic E-state index is 12.1. The van der Waals surface area contributed by atoms with Gasteiger partial charge in [-0.15, -0.1) is 0 Å². The number of anilines is 1. The summed E-state index contributed by atoms with van der Waals surface area (Å²) >= 11 is 28.7. The number of rotatable bonds is 2. The highest BCUT2D eigenvalue weighted by molar-refractivity contribution is 6.66. The van der Waals surface area contributed by atoms with Crippen molar-refractivity contribution in [1.29, 1.82) is 5.26 Å². The van der Waals surface area contributed by atoms with Crippen molar-refractivity contribution < 1.29 is 4.79 Å². The summed E-state index contributed by atoms with van der Waals surface area (Å²) in [5.41, 5.74) is 3.97. The van der Waals surface area contributed by atoms with Crippen LogP contribution in [0.5, 0.6) is 0 Å². The number of aromatic amines is 2. The standard InChI is InChI=1S/C15H9ClN4O.C8H4Cl4N2/c16-10-3-6-12-13(7-10)20-14(19-12)15(21)18-11-4-1-9(8-17)2-5-11;9-4-1-2-5-6(3-4)14-7(13-5)8(10,11)12/h1-7H,(H,18,21)(H,19,20);1-3H,(H,13,14). The molecule has 176 valence electrons. The lowest BCUT2D eigenvalue weighted by atomic mass is 10.2. The van der Waals surface area contributed by atoms with E-state index in [1.165, 1.54) is 0 Å². The predicted octanol–water partition coefficient (Wildman–Crippen LogP) is 7.38. The van der Waals surface area contributed by atoms with Gasteiger partial charge in [0.15, 0.2) is 11.6 Å². The van der Waals surface area contributed by atoms with Crippen LogP contribution in [0.2, 0.25) is 10.0 Å². The second-order valence-corrected chi connectivity index (χ2v) is 10.3. The number of halogens is 5. The number of nitrogens with zero attached hydrogens (tertiary/aromatic N) is 3. The van der Waals surface area contributed by atoms with Crippen LogP contribution in [0.4, 0.5) is 5.69 Å². The minimum atomic E-state index is -1.54. The van der Waals surface area contributed by atoms with Crippen molar-refractivity contribution in [1.82, 2.24) is 19.9 Å². The van der Waals surface area contributed by atoms with E-state index in [4.69, 9.17) is 63.3 Å². The molecule has 12 heteroatoms. The Balaban J connectivity index is 0.000000179. The van der Waals surface area contributed by atoms with Gasteiger partial charge in [-0.25, -0.2) is 9.97 Å². The molecule has 2 heterocycles. The Hall–Kier alpha value is -2.99. The Morgan fingerprint density at radius 1 is 0.857 bits per heavy atom. The molecule has 35 heavy (non-hydrogen) atoms. The largest absolute Gasteiger partial charge is 0.338 e. The molecule has 0 spiro atoms. The monoisotopic (exact) mass is 564 g/mol. The lowest BCUT2D eigenvalue weighted by Crippen LogP contribution is -2.13. The molecule has 0 fully saturated rings. The van der Waals surface area contributed by atoms with Crippen LogP contribution in [0.1, 0.15) is 22.0 Å². The van der Waals surface area contributed by atoms with Gasteiger partial charge in [0.05, 0.1) is 33.7 Å². The van der Waals surface area contributed by atoms with Crippen molar-refractivity contribution >= 4 is 91.7 Å². The summed E-state index contributed by atoms with van der Waals surface area (Å²) in [6.07, 6.45) is 0. The summed E-state index contributed by atoms with van der Waals surface area (Å²) in [6.45, 7) is 0. The van der Waals surface area contributed by atoms with Gasteiger partial charge in [-0.2, -0.15) is 5.26 Å². The van der Waals surface area contributed by atoms with Crippen molar-refractivity contribution in [2.24, 2.45) is 0 Å². The van der Waals surface area contributed by atoms with Crippen LogP contribution >= 0.6 is 58.0 Å². The molecule has 5 rings (SSSR count). The summed E-state index contributed by atoms with van der Waals surface area (Å²) < 4.78 is -1.54. The number of imidazole rings is 2. The second-order valence-electron chi connectivity index (χ2n) is 7.13. The second kappa shape index (κ2) is 10.3. The van der Waals surface area contributed by atoms with E-state index in [9.17, 15) is 4.79 Å². The van der Waals surface area contributed by atoms with Crippen LogP contribution in [-0.2, 0) is 3.79 Å². The molecule has 0 aliphatic carbocycles. The number of aromatic nitrogens is 4. The van der Waals surface area contributed by atoms with Crippen LogP contribution in [-0.4, -0.2) is 25.8 Å². The van der Waals surface area contributed by atoms with Crippen molar-refractivity contribution in [3.8, 4) is 6.07 Å². The van der Waals surface area contributed by atoms with E-state index in [1.54, 1.807) is 60.7 Å². The molecule has 0 aliphatic rings. The number of nitrogens with one attached hydrogen (secondary N) is 3. The molecule has 3 aromatic carbocycles. The van der Waals surface area contributed by atoms with Crippen LogP contribution in [0, 0.1) is 11.3 Å². The molecule has 2 aromatic heterocycles. The van der Waals surface area contributed by atoms with Crippen molar-refractivity contribution in [3.63, 3.8) is 0 Å². The minimum absolute atomic E-state index is 0.205. The topological polar surface area (TPSA) is 110 Å². The number of fused-ring (bicyclic) bond motifs is 2. The third-order valence-electron chi connectivity index (χ3n) is 4.64. The summed E-state index contributed by atoms with van der Waals surface area (Å²) in [7, 11) is 0. The molecular formula is C23H13Cl5N6O. The molecule has 7 nitrogen and oxygen atoms in total. The van der Waals surface area contributed by atoms with Gasteiger partial charge in [0.25, 0.3) is 5.91 Å². The van der Waals surface area contributed by atoms with Crippen LogP contribution in [0.3, 0.4) is 0 Å². The van der Waals surface area contributed by atoms with E-state index in [1.807, 2.05) is 6.07 Å². The normalized spacial score (nSPS) is 11.1. The van der Waals surface area contributed by atoms with Crippen molar-refractivity contribution in [3.05, 3.63) is 87.9 Å². The first-order valence-electron chi connectivity index (χ1n) is 9.81. The number of hydrogen-bond donors (Lipinski definition) is 3. The number of amides is 1. The van der Waals surface area contributed by atoms with Gasteiger partial charge in [-0.1, -0.05) is 58.0 Å². The fraction of sp³-hybridized carbons (Fsp3) is 0.0435. The smallest absolute Gasteiger partial charge is 0.291 e. The fourth-order valence-electron chi connectivity index (χ4n) is 3.02. The van der Waals surface area contributed by atoms with Gasteiger partial charge in [0.2, 0.25) is 3.79 Å². The number of carbonyl (C=O) groups excluding carboxylic acids is 1. The minimum Gasteiger partial charge on any atom is -0.338 e. The average molecular weight is 567 g/mol. The third kappa shape index (κ3) is 6.17. The maximum absolute atomic E-state index is 12.1. The van der Waals surface area contributed by atoms with Crippen LogP contribution in [0.15, 0.2) is 60.7 Å². The molecular weight excluding hydrogens is 554 g/mol. The Bertz CT molecular complexity index is 1560. The summed E-state index contributed by atoms with van der Waals surface area (Å²) in [5.74, 6) is 0.142. The van der Waals surface area contributed by atoms with E-state index >= 15 is 0 Å². The van der Waals surface area contributed by atoms with Crippen molar-refractivity contribution in [2.45, 2.75) is 3.79 Å². The number of carbonyl (C=O) groups is 1. The third-order valence-corrected chi connectivity index (χ3v) is 5.65. The van der Waals surface area contributed by atoms with Crippen LogP contribution < -0.4 is 5.32 Å². The first-order valence-corrected chi connectivity index (χ1v) is 11.7. The van der Waals surface area contributed by atoms with Gasteiger partial charge in [-0.05, 0) is 60.7 Å². The Kier molecular flexibility index (Phi) is 7.41. The molecule has 1 amide bonds. The summed E-state index contributed by atoms with van der Waals surface area (Å²) in [5, 5.41) is 12.6. The molecule has 0 unspecified atom stereocenters. The van der Waals surface area contributed by atoms with Crippen molar-refractivity contribution in [2.75, 3.05) is 5.32 Å². The van der Waals surface area contributed by atoms with Gasteiger partial charge in [0.1, 0.15) is 0 Å². The van der Waals surface area contributed by atoms with Gasteiger partial charge in [-0.3, -0.25) is 4.79 Å². The quantitative estimate of drug-likeness (QED) is 0.194. The van der Waals surface area contributed by atoms with E-state index in [0.29, 0.717) is 38.2 Å². The van der Waals surface area contributed by atoms with Crippen LogP contribution in [0.25, 0.3) is 22.1 Å². The van der Waals surface area contributed by atoms with Gasteiger partial charge < -0.3 is 15.3 Å². The highest BCUT2D eigenvalue weighted by Crippen LogP contribution is 2.37. The predicted molar refractivity (Wildman–Crippen MR) is 141 cm³/mol. The summed E-state index contributed by atoms with van der Waals surface area (Å²) in [4.78, 5) is 26.2. The van der Waals surface area contributed by atoms with E-state index < -0.39 is 3.79 Å². The molecule has 0 aliphatic heterocycles. The lowest BCUT2D eigenvalue weighted by molar-refractivity contribution is 0.101. The number of nitriles is 1. The molecule has 5 aromatic rings. The first-order chi connectivity index (χ1) is 16.6. The Morgan fingerprint density at radius 2 is 1.43 bits per heavy atom. The Labute approximate surface area is 223 Å². The highest BCUT2D eigenvalue weighted by atomic mass is 35.6. The average Bonchev–Trinajstić information content (AvgIpc) is 3.43. The first kappa shape index (κ1) is 25.1. The zero-order valence-corrected chi connectivity index (χ0v) is 21.2. The van der Waals surface area contributed by atoms with E-state index in [0.717, 1.165) is 11.0 Å². The number of H-pyrrole nitrogens is 2. The fourth-order valence-corrected chi connectivity index (χ4v) is 3.64. The number of hydrogen-bond acceptors (Lipinski definition) is 4.